The number of aliphatic hydroxyl groups is 1. The standard InChI is InChI=1S/C19H23NO4/c1-2-20(11-15-8-9-18-19(10-15)24-14-23-18)12-16(21)13-22-17-6-4-3-5-7-17/h3-10,16,21H,2,11-14H2,1H3. The van der Waals surface area contributed by atoms with Crippen LogP contribution in [0.4, 0.5) is 0 Å². The van der Waals surface area contributed by atoms with Gasteiger partial charge in [0.2, 0.25) is 6.79 Å². The van der Waals surface area contributed by atoms with Crippen LogP contribution in [0.25, 0.3) is 0 Å². The Morgan fingerprint density at radius 1 is 1.12 bits per heavy atom. The van der Waals surface area contributed by atoms with Crippen LogP contribution in [0.15, 0.2) is 48.5 Å². The fourth-order valence-electron chi connectivity index (χ4n) is 2.66. The second kappa shape index (κ2) is 8.04. The molecule has 1 N–H and O–H groups in total. The van der Waals surface area contributed by atoms with Gasteiger partial charge in [0.1, 0.15) is 18.5 Å². The molecule has 1 unspecified atom stereocenters. The zero-order valence-electron chi connectivity index (χ0n) is 13.9. The van der Waals surface area contributed by atoms with Crippen molar-refractivity contribution in [2.24, 2.45) is 0 Å². The van der Waals surface area contributed by atoms with Crippen molar-refractivity contribution < 1.29 is 19.3 Å². The SMILES string of the molecule is CCN(Cc1ccc2c(c1)OCO2)CC(O)COc1ccccc1. The van der Waals surface area contributed by atoms with Gasteiger partial charge in [-0.2, -0.15) is 0 Å². The molecule has 2 aromatic rings. The lowest BCUT2D eigenvalue weighted by molar-refractivity contribution is 0.0674. The molecule has 0 amide bonds. The molecule has 1 aliphatic heterocycles. The summed E-state index contributed by atoms with van der Waals surface area (Å²) in [5.74, 6) is 2.35. The molecule has 0 aromatic heterocycles. The molecular weight excluding hydrogens is 306 g/mol. The monoisotopic (exact) mass is 329 g/mol. The number of nitrogens with zero attached hydrogens (tertiary/aromatic N) is 1. The highest BCUT2D eigenvalue weighted by Gasteiger charge is 2.16. The van der Waals surface area contributed by atoms with Gasteiger partial charge in [-0.1, -0.05) is 31.2 Å². The van der Waals surface area contributed by atoms with Gasteiger partial charge in [0.15, 0.2) is 11.5 Å². The average molecular weight is 329 g/mol. The Morgan fingerprint density at radius 2 is 1.92 bits per heavy atom. The number of fused-ring (bicyclic) bond motifs is 1. The predicted octanol–water partition coefficient (Wildman–Crippen LogP) is 2.68. The maximum Gasteiger partial charge on any atom is 0.231 e. The summed E-state index contributed by atoms with van der Waals surface area (Å²) in [5, 5.41) is 10.2. The van der Waals surface area contributed by atoms with Gasteiger partial charge in [-0.15, -0.1) is 0 Å². The molecule has 3 rings (SSSR count). The van der Waals surface area contributed by atoms with E-state index in [9.17, 15) is 5.11 Å². The number of aliphatic hydroxyl groups excluding tert-OH is 1. The molecule has 128 valence electrons. The first-order valence-corrected chi connectivity index (χ1v) is 8.21. The summed E-state index contributed by atoms with van der Waals surface area (Å²) in [5.41, 5.74) is 1.14. The van der Waals surface area contributed by atoms with Crippen molar-refractivity contribution >= 4 is 0 Å². The molecule has 24 heavy (non-hydrogen) atoms. The lowest BCUT2D eigenvalue weighted by atomic mass is 10.2. The topological polar surface area (TPSA) is 51.2 Å². The largest absolute Gasteiger partial charge is 0.491 e. The van der Waals surface area contributed by atoms with Crippen LogP contribution in [0, 0.1) is 0 Å². The van der Waals surface area contributed by atoms with Crippen molar-refractivity contribution in [2.45, 2.75) is 19.6 Å². The lowest BCUT2D eigenvalue weighted by Crippen LogP contribution is -2.35. The highest BCUT2D eigenvalue weighted by molar-refractivity contribution is 5.44. The molecular formula is C19H23NO4. The van der Waals surface area contributed by atoms with Gasteiger partial charge in [-0.3, -0.25) is 4.90 Å². The van der Waals surface area contributed by atoms with E-state index in [2.05, 4.69) is 11.8 Å². The van der Waals surface area contributed by atoms with Gasteiger partial charge in [-0.05, 0) is 36.4 Å². The van der Waals surface area contributed by atoms with Gasteiger partial charge >= 0.3 is 0 Å². The fourth-order valence-corrected chi connectivity index (χ4v) is 2.66. The van der Waals surface area contributed by atoms with Crippen molar-refractivity contribution in [3.05, 3.63) is 54.1 Å². The lowest BCUT2D eigenvalue weighted by Gasteiger charge is -2.24. The highest BCUT2D eigenvalue weighted by Crippen LogP contribution is 2.32. The van der Waals surface area contributed by atoms with Gasteiger partial charge in [0.05, 0.1) is 0 Å². The van der Waals surface area contributed by atoms with Gasteiger partial charge in [-0.25, -0.2) is 0 Å². The maximum atomic E-state index is 10.2. The first-order valence-electron chi connectivity index (χ1n) is 8.21. The molecule has 0 saturated heterocycles. The van der Waals surface area contributed by atoms with Crippen molar-refractivity contribution in [2.75, 3.05) is 26.5 Å². The summed E-state index contributed by atoms with van der Waals surface area (Å²) in [6.07, 6.45) is -0.542. The van der Waals surface area contributed by atoms with Crippen LogP contribution in [0.2, 0.25) is 0 Å². The number of ether oxygens (including phenoxy) is 3. The van der Waals surface area contributed by atoms with Crippen molar-refractivity contribution in [3.63, 3.8) is 0 Å². The Kier molecular flexibility index (Phi) is 5.56. The van der Waals surface area contributed by atoms with Gasteiger partial charge in [0, 0.05) is 13.1 Å². The third kappa shape index (κ3) is 4.40. The Hall–Kier alpha value is -2.24. The van der Waals surface area contributed by atoms with Gasteiger partial charge < -0.3 is 19.3 Å². The number of hydrogen-bond donors (Lipinski definition) is 1. The molecule has 0 bridgehead atoms. The van der Waals surface area contributed by atoms with Gasteiger partial charge in [0.25, 0.3) is 0 Å². The average Bonchev–Trinajstić information content (AvgIpc) is 3.08. The molecule has 0 saturated carbocycles. The van der Waals surface area contributed by atoms with E-state index < -0.39 is 6.10 Å². The molecule has 2 aromatic carbocycles. The van der Waals surface area contributed by atoms with E-state index in [1.54, 1.807) is 0 Å². The molecule has 0 fully saturated rings. The van der Waals surface area contributed by atoms with Crippen molar-refractivity contribution in [1.29, 1.82) is 0 Å². The van der Waals surface area contributed by atoms with Crippen molar-refractivity contribution in [1.82, 2.24) is 4.90 Å². The van der Waals surface area contributed by atoms with Crippen LogP contribution in [0.3, 0.4) is 0 Å². The molecule has 1 heterocycles. The van der Waals surface area contributed by atoms with E-state index in [1.807, 2.05) is 48.5 Å². The number of para-hydroxylation sites is 1. The molecule has 1 aliphatic rings. The van der Waals surface area contributed by atoms with E-state index in [0.717, 1.165) is 35.9 Å². The minimum atomic E-state index is -0.542. The molecule has 1 atom stereocenters. The van der Waals surface area contributed by atoms with E-state index in [4.69, 9.17) is 14.2 Å². The van der Waals surface area contributed by atoms with Crippen LogP contribution >= 0.6 is 0 Å². The molecule has 0 radical (unpaired) electrons. The minimum Gasteiger partial charge on any atom is -0.491 e. The van der Waals surface area contributed by atoms with E-state index in [0.29, 0.717) is 6.54 Å². The van der Waals surface area contributed by atoms with E-state index in [-0.39, 0.29) is 13.4 Å². The van der Waals surface area contributed by atoms with Crippen LogP contribution in [0.5, 0.6) is 17.2 Å². The van der Waals surface area contributed by atoms with Crippen LogP contribution in [-0.2, 0) is 6.54 Å². The molecule has 5 heteroatoms. The van der Waals surface area contributed by atoms with Crippen LogP contribution < -0.4 is 14.2 Å². The zero-order chi connectivity index (χ0) is 16.8. The maximum absolute atomic E-state index is 10.2. The number of hydrogen-bond acceptors (Lipinski definition) is 5. The fraction of sp³-hybridized carbons (Fsp3) is 0.368. The Bertz CT molecular complexity index is 647. The third-order valence-corrected chi connectivity index (χ3v) is 3.94. The Balaban J connectivity index is 1.50. The number of likely N-dealkylation sites (N-methyl/N-ethyl adjacent to an activating group) is 1. The van der Waals surface area contributed by atoms with Crippen LogP contribution in [0.1, 0.15) is 12.5 Å². The van der Waals surface area contributed by atoms with E-state index >= 15 is 0 Å². The first kappa shape index (κ1) is 16.6. The summed E-state index contributed by atoms with van der Waals surface area (Å²) >= 11 is 0. The summed E-state index contributed by atoms with van der Waals surface area (Å²) < 4.78 is 16.4. The third-order valence-electron chi connectivity index (χ3n) is 3.94. The summed E-state index contributed by atoms with van der Waals surface area (Å²) in [4.78, 5) is 2.18. The smallest absolute Gasteiger partial charge is 0.231 e. The number of benzene rings is 2. The van der Waals surface area contributed by atoms with Crippen LogP contribution in [-0.4, -0.2) is 42.6 Å². The molecule has 0 aliphatic carbocycles. The normalized spacial score (nSPS) is 14.0. The Labute approximate surface area is 142 Å². The van der Waals surface area contributed by atoms with Crippen molar-refractivity contribution in [3.8, 4) is 17.2 Å². The predicted molar refractivity (Wildman–Crippen MR) is 91.5 cm³/mol. The highest BCUT2D eigenvalue weighted by atomic mass is 16.7. The Morgan fingerprint density at radius 3 is 2.71 bits per heavy atom. The quantitative estimate of drug-likeness (QED) is 0.807. The number of rotatable bonds is 8. The first-order chi connectivity index (χ1) is 11.7. The molecule has 0 spiro atoms. The second-order valence-electron chi connectivity index (χ2n) is 5.79. The summed E-state index contributed by atoms with van der Waals surface area (Å²) in [6, 6.07) is 15.5. The zero-order valence-corrected chi connectivity index (χ0v) is 13.9. The second-order valence-corrected chi connectivity index (χ2v) is 5.79. The minimum absolute atomic E-state index is 0.279. The summed E-state index contributed by atoms with van der Waals surface area (Å²) in [6.45, 7) is 4.79. The summed E-state index contributed by atoms with van der Waals surface area (Å²) in [7, 11) is 0. The van der Waals surface area contributed by atoms with E-state index in [1.165, 1.54) is 0 Å². The molecule has 5 nitrogen and oxygen atoms in total.